The van der Waals surface area contributed by atoms with E-state index in [1.165, 1.54) is 19.4 Å². The molecule has 4 rings (SSSR count). The fourth-order valence-corrected chi connectivity index (χ4v) is 3.54. The molecule has 8 nitrogen and oxygen atoms in total. The van der Waals surface area contributed by atoms with Crippen LogP contribution in [-0.4, -0.2) is 47.1 Å². The zero-order valence-corrected chi connectivity index (χ0v) is 16.8. The van der Waals surface area contributed by atoms with Gasteiger partial charge in [0.1, 0.15) is 11.3 Å². The van der Waals surface area contributed by atoms with E-state index in [1.54, 1.807) is 23.2 Å². The number of nitrogens with zero attached hydrogens (tertiary/aromatic N) is 3. The van der Waals surface area contributed by atoms with Gasteiger partial charge in [-0.1, -0.05) is 11.6 Å². The van der Waals surface area contributed by atoms with E-state index in [2.05, 4.69) is 25.6 Å². The smallest absolute Gasteiger partial charge is 0.323 e. The number of methoxy groups -OCH3 is 1. The van der Waals surface area contributed by atoms with Gasteiger partial charge >= 0.3 is 6.03 Å². The normalized spacial score (nSPS) is 15.8. The van der Waals surface area contributed by atoms with E-state index in [9.17, 15) is 13.6 Å². The van der Waals surface area contributed by atoms with Gasteiger partial charge in [0.2, 0.25) is 5.88 Å². The third kappa shape index (κ3) is 4.23. The lowest BCUT2D eigenvalue weighted by Crippen LogP contribution is -2.39. The Bertz CT molecular complexity index is 1080. The molecule has 1 saturated heterocycles. The van der Waals surface area contributed by atoms with Gasteiger partial charge in [-0.15, -0.1) is 0 Å². The van der Waals surface area contributed by atoms with Gasteiger partial charge in [0.15, 0.2) is 0 Å². The molecular weight excluding hydrogens is 418 g/mol. The van der Waals surface area contributed by atoms with Crippen LogP contribution in [0.3, 0.4) is 0 Å². The monoisotopic (exact) mass is 436 g/mol. The highest BCUT2D eigenvalue weighted by Gasteiger charge is 2.34. The van der Waals surface area contributed by atoms with Crippen molar-refractivity contribution >= 4 is 45.9 Å². The molecule has 0 unspecified atom stereocenters. The average Bonchev–Trinajstić information content (AvgIpc) is 3.10. The first-order valence-electron chi connectivity index (χ1n) is 9.23. The number of urea groups is 1. The van der Waals surface area contributed by atoms with Crippen molar-refractivity contribution in [3.8, 4) is 5.88 Å². The molecule has 0 saturated carbocycles. The van der Waals surface area contributed by atoms with Crippen molar-refractivity contribution in [3.05, 3.63) is 35.6 Å². The van der Waals surface area contributed by atoms with Crippen molar-refractivity contribution in [3.63, 3.8) is 0 Å². The van der Waals surface area contributed by atoms with Crippen LogP contribution in [0.25, 0.3) is 11.0 Å². The molecule has 0 aliphatic carbocycles. The lowest BCUT2D eigenvalue weighted by Gasteiger charge is -2.33. The molecule has 4 heterocycles. The number of ether oxygens (including phenoxy) is 1. The second kappa shape index (κ2) is 7.94. The van der Waals surface area contributed by atoms with Crippen molar-refractivity contribution in [2.75, 3.05) is 35.7 Å². The summed E-state index contributed by atoms with van der Waals surface area (Å²) in [6.45, 7) is 0.341. The Labute approximate surface area is 175 Å². The number of aromatic nitrogens is 3. The van der Waals surface area contributed by atoms with E-state index in [1.807, 2.05) is 0 Å². The van der Waals surface area contributed by atoms with Crippen LogP contribution < -0.4 is 20.3 Å². The van der Waals surface area contributed by atoms with Crippen molar-refractivity contribution in [2.24, 2.45) is 0 Å². The molecule has 0 atom stereocenters. The molecule has 1 fully saturated rings. The third-order valence-corrected chi connectivity index (χ3v) is 5.11. The molecule has 0 aromatic carbocycles. The highest BCUT2D eigenvalue weighted by Crippen LogP contribution is 2.33. The quantitative estimate of drug-likeness (QED) is 0.559. The molecule has 1 aliphatic rings. The zero-order chi connectivity index (χ0) is 21.3. The van der Waals surface area contributed by atoms with Gasteiger partial charge in [0.25, 0.3) is 5.92 Å². The summed E-state index contributed by atoms with van der Waals surface area (Å²) in [6.07, 6.45) is 2.58. The molecule has 30 heavy (non-hydrogen) atoms. The number of hydrogen-bond acceptors (Lipinski definition) is 5. The standard InChI is InChI=1S/C19H19ClF2N6O2/c1-30-15-3-2-13-16(27-15)14(10-23-13)26-18(29)25-11-8-12(20)17(24-9-11)28-6-4-19(21,22)5-7-28/h2-3,8-10,23H,4-7H2,1H3,(H2,25,26,29). The first-order chi connectivity index (χ1) is 14.3. The largest absolute Gasteiger partial charge is 0.481 e. The lowest BCUT2D eigenvalue weighted by molar-refractivity contribution is -0.0221. The number of pyridine rings is 2. The Morgan fingerprint density at radius 3 is 2.77 bits per heavy atom. The number of nitrogens with one attached hydrogen (secondary N) is 3. The molecule has 3 aromatic rings. The lowest BCUT2D eigenvalue weighted by atomic mass is 10.1. The van der Waals surface area contributed by atoms with Gasteiger partial charge in [-0.3, -0.25) is 0 Å². The van der Waals surface area contributed by atoms with Crippen LogP contribution in [0.4, 0.5) is 30.8 Å². The van der Waals surface area contributed by atoms with E-state index in [0.717, 1.165) is 5.52 Å². The second-order valence-corrected chi connectivity index (χ2v) is 7.31. The summed E-state index contributed by atoms with van der Waals surface area (Å²) >= 11 is 6.28. The number of carbonyl (C=O) groups excluding carboxylic acids is 1. The maximum Gasteiger partial charge on any atom is 0.323 e. The maximum atomic E-state index is 13.3. The van der Waals surface area contributed by atoms with Crippen molar-refractivity contribution < 1.29 is 18.3 Å². The topological polar surface area (TPSA) is 95.2 Å². The van der Waals surface area contributed by atoms with Crippen LogP contribution in [0, 0.1) is 0 Å². The van der Waals surface area contributed by atoms with Gasteiger partial charge in [0, 0.05) is 38.2 Å². The maximum absolute atomic E-state index is 13.3. The van der Waals surface area contributed by atoms with Crippen LogP contribution in [0.2, 0.25) is 5.02 Å². The van der Waals surface area contributed by atoms with Crippen molar-refractivity contribution in [2.45, 2.75) is 18.8 Å². The SMILES string of the molecule is COc1ccc2[nH]cc(NC(=O)Nc3cnc(N4CCC(F)(F)CC4)c(Cl)c3)c2n1. The van der Waals surface area contributed by atoms with E-state index < -0.39 is 12.0 Å². The third-order valence-electron chi connectivity index (χ3n) is 4.83. The van der Waals surface area contributed by atoms with E-state index in [-0.39, 0.29) is 31.0 Å². The van der Waals surface area contributed by atoms with Gasteiger partial charge in [0.05, 0.1) is 35.2 Å². The Kier molecular flexibility index (Phi) is 5.33. The number of carbonyl (C=O) groups is 1. The van der Waals surface area contributed by atoms with Crippen LogP contribution >= 0.6 is 11.6 Å². The molecule has 3 N–H and O–H groups in total. The van der Waals surface area contributed by atoms with E-state index in [4.69, 9.17) is 16.3 Å². The number of alkyl halides is 2. The Morgan fingerprint density at radius 1 is 1.30 bits per heavy atom. The highest BCUT2D eigenvalue weighted by molar-refractivity contribution is 6.33. The minimum absolute atomic E-state index is 0.171. The number of rotatable bonds is 4. The summed E-state index contributed by atoms with van der Waals surface area (Å²) in [5.74, 6) is -1.80. The molecule has 2 amide bonds. The predicted molar refractivity (Wildman–Crippen MR) is 111 cm³/mol. The average molecular weight is 437 g/mol. The van der Waals surface area contributed by atoms with E-state index in [0.29, 0.717) is 28.6 Å². The summed E-state index contributed by atoms with van der Waals surface area (Å²) in [5, 5.41) is 5.63. The molecular formula is C19H19ClF2N6O2. The van der Waals surface area contributed by atoms with Crippen LogP contribution in [0.5, 0.6) is 5.88 Å². The molecule has 0 spiro atoms. The molecule has 158 valence electrons. The number of aromatic amines is 1. The Balaban J connectivity index is 1.43. The summed E-state index contributed by atoms with van der Waals surface area (Å²) in [7, 11) is 1.51. The van der Waals surface area contributed by atoms with Crippen molar-refractivity contribution in [1.29, 1.82) is 0 Å². The highest BCUT2D eigenvalue weighted by atomic mass is 35.5. The Morgan fingerprint density at radius 2 is 2.07 bits per heavy atom. The van der Waals surface area contributed by atoms with Gasteiger partial charge in [-0.05, 0) is 12.1 Å². The number of anilines is 3. The molecule has 1 aliphatic heterocycles. The molecule has 3 aromatic heterocycles. The van der Waals surface area contributed by atoms with Crippen LogP contribution in [0.15, 0.2) is 30.6 Å². The van der Waals surface area contributed by atoms with Gasteiger partial charge < -0.3 is 25.3 Å². The second-order valence-electron chi connectivity index (χ2n) is 6.90. The number of hydrogen-bond donors (Lipinski definition) is 3. The number of piperidine rings is 1. The fraction of sp³-hybridized carbons (Fsp3) is 0.316. The van der Waals surface area contributed by atoms with Crippen molar-refractivity contribution in [1.82, 2.24) is 15.0 Å². The first kappa shape index (κ1) is 20.1. The number of H-pyrrole nitrogens is 1. The van der Waals surface area contributed by atoms with E-state index >= 15 is 0 Å². The van der Waals surface area contributed by atoms with Crippen LogP contribution in [0.1, 0.15) is 12.8 Å². The first-order valence-corrected chi connectivity index (χ1v) is 9.61. The van der Waals surface area contributed by atoms with Crippen LogP contribution in [-0.2, 0) is 0 Å². The molecule has 0 bridgehead atoms. The fourth-order valence-electron chi connectivity index (χ4n) is 3.25. The molecule has 0 radical (unpaired) electrons. The summed E-state index contributed by atoms with van der Waals surface area (Å²) in [5.41, 5.74) is 2.14. The Hall–Kier alpha value is -3.14. The minimum Gasteiger partial charge on any atom is -0.481 e. The van der Waals surface area contributed by atoms with Gasteiger partial charge in [-0.25, -0.2) is 23.5 Å². The predicted octanol–water partition coefficient (Wildman–Crippen LogP) is 4.50. The number of fused-ring (bicyclic) bond motifs is 1. The summed E-state index contributed by atoms with van der Waals surface area (Å²) in [4.78, 5) is 25.7. The number of amides is 2. The number of halogens is 3. The minimum atomic E-state index is -2.65. The zero-order valence-electron chi connectivity index (χ0n) is 16.0. The summed E-state index contributed by atoms with van der Waals surface area (Å²) < 4.78 is 31.8. The van der Waals surface area contributed by atoms with Gasteiger partial charge in [-0.2, -0.15) is 0 Å². The molecule has 11 heteroatoms. The summed E-state index contributed by atoms with van der Waals surface area (Å²) in [6, 6.07) is 4.53.